The van der Waals surface area contributed by atoms with E-state index in [0.717, 1.165) is 18.9 Å². The molecule has 2 rings (SSSR count). The summed E-state index contributed by atoms with van der Waals surface area (Å²) in [5, 5.41) is 0. The van der Waals surface area contributed by atoms with Crippen molar-refractivity contribution in [2.45, 2.75) is 19.0 Å². The zero-order valence-corrected chi connectivity index (χ0v) is 10.1. The maximum Gasteiger partial charge on any atom is 0.418 e. The van der Waals surface area contributed by atoms with E-state index in [4.69, 9.17) is 0 Å². The van der Waals surface area contributed by atoms with E-state index in [0.29, 0.717) is 23.2 Å². The lowest BCUT2D eigenvalue weighted by molar-refractivity contribution is -0.137. The molecule has 0 saturated carbocycles. The monoisotopic (exact) mass is 293 g/mol. The van der Waals surface area contributed by atoms with E-state index >= 15 is 0 Å². The van der Waals surface area contributed by atoms with Gasteiger partial charge in [0.1, 0.15) is 0 Å². The second-order valence-corrected chi connectivity index (χ2v) is 4.77. The average molecular weight is 294 g/mol. The summed E-state index contributed by atoms with van der Waals surface area (Å²) in [5.74, 6) is 0. The molecule has 1 aromatic rings. The number of alkyl halides is 3. The highest BCUT2D eigenvalue weighted by Gasteiger charge is 2.35. The Bertz CT molecular complexity index is 383. The van der Waals surface area contributed by atoms with Crippen LogP contribution in [-0.4, -0.2) is 13.1 Å². The Hall–Kier alpha value is -0.710. The molecule has 1 fully saturated rings. The minimum Gasteiger partial charge on any atom is -0.371 e. The van der Waals surface area contributed by atoms with Crippen LogP contribution in [0, 0.1) is 0 Å². The molecule has 88 valence electrons. The quantitative estimate of drug-likeness (QED) is 0.754. The van der Waals surface area contributed by atoms with Crippen molar-refractivity contribution in [2.24, 2.45) is 0 Å². The van der Waals surface area contributed by atoms with Crippen LogP contribution in [0.25, 0.3) is 0 Å². The Morgan fingerprint density at radius 3 is 2.31 bits per heavy atom. The summed E-state index contributed by atoms with van der Waals surface area (Å²) in [6, 6.07) is 4.12. The molecule has 5 heteroatoms. The van der Waals surface area contributed by atoms with Gasteiger partial charge >= 0.3 is 6.18 Å². The zero-order valence-electron chi connectivity index (χ0n) is 8.52. The third kappa shape index (κ3) is 2.34. The summed E-state index contributed by atoms with van der Waals surface area (Å²) in [6.45, 7) is 1.42. The van der Waals surface area contributed by atoms with Gasteiger partial charge in [0.25, 0.3) is 0 Å². The van der Waals surface area contributed by atoms with Crippen LogP contribution in [0.2, 0.25) is 0 Å². The van der Waals surface area contributed by atoms with Gasteiger partial charge in [-0.2, -0.15) is 13.2 Å². The van der Waals surface area contributed by atoms with Crippen LogP contribution in [0.15, 0.2) is 22.7 Å². The maximum atomic E-state index is 12.8. The summed E-state index contributed by atoms with van der Waals surface area (Å²) in [4.78, 5) is 1.80. The number of hydrogen-bond acceptors (Lipinski definition) is 1. The van der Waals surface area contributed by atoms with Crippen LogP contribution in [0.3, 0.4) is 0 Å². The van der Waals surface area contributed by atoms with Gasteiger partial charge in [-0.1, -0.05) is 15.9 Å². The number of nitrogens with zero attached hydrogens (tertiary/aromatic N) is 1. The first-order valence-electron chi connectivity index (χ1n) is 5.10. The van der Waals surface area contributed by atoms with E-state index in [9.17, 15) is 13.2 Å². The normalized spacial score (nSPS) is 16.9. The molecule has 0 amide bonds. The fraction of sp³-hybridized carbons (Fsp3) is 0.455. The van der Waals surface area contributed by atoms with Crippen LogP contribution >= 0.6 is 15.9 Å². The second kappa shape index (κ2) is 4.28. The van der Waals surface area contributed by atoms with Gasteiger partial charge < -0.3 is 4.90 Å². The molecule has 0 spiro atoms. The molecular weight excluding hydrogens is 283 g/mol. The number of rotatable bonds is 1. The van der Waals surface area contributed by atoms with Crippen LogP contribution in [0.1, 0.15) is 18.4 Å². The third-order valence-corrected chi connectivity index (χ3v) is 3.21. The molecule has 0 atom stereocenters. The topological polar surface area (TPSA) is 3.24 Å². The summed E-state index contributed by atoms with van der Waals surface area (Å²) in [7, 11) is 0. The lowest BCUT2D eigenvalue weighted by Gasteiger charge is -2.22. The lowest BCUT2D eigenvalue weighted by Crippen LogP contribution is -2.22. The molecule has 1 nitrogen and oxygen atoms in total. The summed E-state index contributed by atoms with van der Waals surface area (Å²) in [5.41, 5.74) is -0.253. The molecule has 0 radical (unpaired) electrons. The standard InChI is InChI=1S/C11H11BrF3N/c12-8-3-4-9(11(13,14)15)10(7-8)16-5-1-2-6-16/h3-4,7H,1-2,5-6H2. The number of hydrogen-bond donors (Lipinski definition) is 0. The van der Waals surface area contributed by atoms with Crippen molar-refractivity contribution in [1.82, 2.24) is 0 Å². The molecular formula is C11H11BrF3N. The van der Waals surface area contributed by atoms with Crippen LogP contribution in [0.5, 0.6) is 0 Å². The van der Waals surface area contributed by atoms with Crippen molar-refractivity contribution in [3.63, 3.8) is 0 Å². The van der Waals surface area contributed by atoms with Crippen molar-refractivity contribution in [3.8, 4) is 0 Å². The Morgan fingerprint density at radius 1 is 1.12 bits per heavy atom. The predicted molar refractivity (Wildman–Crippen MR) is 60.6 cm³/mol. The highest BCUT2D eigenvalue weighted by Crippen LogP contribution is 2.39. The smallest absolute Gasteiger partial charge is 0.371 e. The molecule has 0 bridgehead atoms. The predicted octanol–water partition coefficient (Wildman–Crippen LogP) is 4.07. The van der Waals surface area contributed by atoms with Gasteiger partial charge in [0.2, 0.25) is 0 Å². The summed E-state index contributed by atoms with van der Waals surface area (Å²) in [6.07, 6.45) is -2.35. The van der Waals surface area contributed by atoms with E-state index in [1.54, 1.807) is 11.0 Å². The molecule has 0 N–H and O–H groups in total. The van der Waals surface area contributed by atoms with Crippen molar-refractivity contribution < 1.29 is 13.2 Å². The highest BCUT2D eigenvalue weighted by molar-refractivity contribution is 9.10. The van der Waals surface area contributed by atoms with Gasteiger partial charge in [-0.05, 0) is 31.0 Å². The van der Waals surface area contributed by atoms with Crippen LogP contribution in [-0.2, 0) is 6.18 Å². The molecule has 1 aliphatic heterocycles. The Kier molecular flexibility index (Phi) is 3.15. The fourth-order valence-corrected chi connectivity index (χ4v) is 2.31. The first-order chi connectivity index (χ1) is 7.48. The maximum absolute atomic E-state index is 12.8. The number of benzene rings is 1. The van der Waals surface area contributed by atoms with Gasteiger partial charge in [0.05, 0.1) is 11.3 Å². The summed E-state index contributed by atoms with van der Waals surface area (Å²) >= 11 is 3.22. The largest absolute Gasteiger partial charge is 0.418 e. The van der Waals surface area contributed by atoms with Gasteiger partial charge in [-0.25, -0.2) is 0 Å². The summed E-state index contributed by atoms with van der Waals surface area (Å²) < 4.78 is 39.1. The van der Waals surface area contributed by atoms with Crippen LogP contribution in [0.4, 0.5) is 18.9 Å². The van der Waals surface area contributed by atoms with Crippen molar-refractivity contribution in [1.29, 1.82) is 0 Å². The van der Waals surface area contributed by atoms with E-state index in [1.807, 2.05) is 0 Å². The van der Waals surface area contributed by atoms with Crippen molar-refractivity contribution >= 4 is 21.6 Å². The van der Waals surface area contributed by atoms with E-state index in [-0.39, 0.29) is 0 Å². The minimum atomic E-state index is -4.28. The van der Waals surface area contributed by atoms with Gasteiger partial charge in [-0.15, -0.1) is 0 Å². The van der Waals surface area contributed by atoms with E-state index in [1.165, 1.54) is 6.07 Å². The highest BCUT2D eigenvalue weighted by atomic mass is 79.9. The first kappa shape index (κ1) is 11.8. The van der Waals surface area contributed by atoms with E-state index in [2.05, 4.69) is 15.9 Å². The van der Waals surface area contributed by atoms with Crippen LogP contribution < -0.4 is 4.90 Å². The van der Waals surface area contributed by atoms with Gasteiger partial charge in [-0.3, -0.25) is 0 Å². The van der Waals surface area contributed by atoms with E-state index < -0.39 is 11.7 Å². The number of anilines is 1. The SMILES string of the molecule is FC(F)(F)c1ccc(Br)cc1N1CCCC1. The molecule has 1 aromatic carbocycles. The molecule has 0 unspecified atom stereocenters. The Morgan fingerprint density at radius 2 is 1.75 bits per heavy atom. The van der Waals surface area contributed by atoms with Crippen molar-refractivity contribution in [3.05, 3.63) is 28.2 Å². The third-order valence-electron chi connectivity index (χ3n) is 2.71. The molecule has 0 aliphatic carbocycles. The van der Waals surface area contributed by atoms with Gasteiger partial charge in [0.15, 0.2) is 0 Å². The molecule has 1 heterocycles. The first-order valence-corrected chi connectivity index (χ1v) is 5.89. The van der Waals surface area contributed by atoms with Gasteiger partial charge in [0, 0.05) is 17.6 Å². The average Bonchev–Trinajstić information content (AvgIpc) is 2.68. The number of halogens is 4. The molecule has 16 heavy (non-hydrogen) atoms. The molecule has 1 saturated heterocycles. The Balaban J connectivity index is 2.43. The minimum absolute atomic E-state index is 0.291. The molecule has 0 aromatic heterocycles. The zero-order chi connectivity index (χ0) is 11.8. The fourth-order valence-electron chi connectivity index (χ4n) is 1.96. The Labute approximate surface area is 100 Å². The lowest BCUT2D eigenvalue weighted by atomic mass is 10.1. The van der Waals surface area contributed by atoms with Crippen molar-refractivity contribution in [2.75, 3.05) is 18.0 Å². The second-order valence-electron chi connectivity index (χ2n) is 3.85. The molecule has 1 aliphatic rings.